The Balaban J connectivity index is 2.14. The molecule has 2 aromatic carbocycles. The predicted molar refractivity (Wildman–Crippen MR) is 99.8 cm³/mol. The maximum atomic E-state index is 12.2. The molecule has 0 atom stereocenters. The molecule has 2 rings (SSSR count). The topological polar surface area (TPSA) is 61.8 Å². The van der Waals surface area contributed by atoms with E-state index in [9.17, 15) is 9.59 Å². The smallest absolute Gasteiger partial charge is 0.330 e. The van der Waals surface area contributed by atoms with E-state index in [-0.39, 0.29) is 12.2 Å². The lowest BCUT2D eigenvalue weighted by atomic mass is 10.1. The first-order valence-corrected chi connectivity index (χ1v) is 8.27. The van der Waals surface area contributed by atoms with Crippen LogP contribution in [-0.4, -0.2) is 26.2 Å². The zero-order valence-electron chi connectivity index (χ0n) is 14.1. The van der Waals surface area contributed by atoms with Gasteiger partial charge < -0.3 is 14.2 Å². The molecule has 0 spiro atoms. The van der Waals surface area contributed by atoms with E-state index in [2.05, 4.69) is 4.74 Å². The second-order valence-corrected chi connectivity index (χ2v) is 5.93. The molecule has 0 heterocycles. The number of carbonyl (C=O) groups is 2. The number of benzene rings is 2. The molecule has 5 nitrogen and oxygen atoms in total. The highest BCUT2D eigenvalue weighted by molar-refractivity contribution is 6.36. The molecule has 0 aliphatic heterocycles. The minimum atomic E-state index is -0.531. The molecule has 0 saturated carbocycles. The Morgan fingerprint density at radius 1 is 1.04 bits per heavy atom. The van der Waals surface area contributed by atoms with Crippen molar-refractivity contribution < 1.29 is 23.8 Å². The maximum Gasteiger partial charge on any atom is 0.330 e. The first-order valence-electron chi connectivity index (χ1n) is 7.52. The van der Waals surface area contributed by atoms with Crippen molar-refractivity contribution in [3.63, 3.8) is 0 Å². The van der Waals surface area contributed by atoms with Crippen LogP contribution in [0.4, 0.5) is 0 Å². The van der Waals surface area contributed by atoms with Crippen molar-refractivity contribution in [1.29, 1.82) is 0 Å². The predicted octanol–water partition coefficient (Wildman–Crippen LogP) is 4.34. The van der Waals surface area contributed by atoms with Crippen molar-refractivity contribution in [1.82, 2.24) is 0 Å². The molecule has 2 aromatic rings. The van der Waals surface area contributed by atoms with Gasteiger partial charge in [-0.1, -0.05) is 35.3 Å². The van der Waals surface area contributed by atoms with Crippen LogP contribution in [0.3, 0.4) is 0 Å². The number of hydrogen-bond acceptors (Lipinski definition) is 5. The summed E-state index contributed by atoms with van der Waals surface area (Å²) in [6.07, 6.45) is 2.76. The van der Waals surface area contributed by atoms with Crippen LogP contribution < -0.4 is 9.47 Å². The molecule has 0 fully saturated rings. The molecule has 0 aliphatic carbocycles. The van der Waals surface area contributed by atoms with Crippen molar-refractivity contribution in [2.75, 3.05) is 14.2 Å². The molecule has 26 heavy (non-hydrogen) atoms. The Morgan fingerprint density at radius 3 is 2.35 bits per heavy atom. The molecule has 0 saturated heterocycles. The third-order valence-electron chi connectivity index (χ3n) is 3.41. The summed E-state index contributed by atoms with van der Waals surface area (Å²) in [5.41, 5.74) is 1.18. The molecule has 0 radical (unpaired) electrons. The average molecular weight is 395 g/mol. The third-order valence-corrected chi connectivity index (χ3v) is 4.12. The van der Waals surface area contributed by atoms with Crippen molar-refractivity contribution in [3.05, 3.63) is 63.6 Å². The summed E-state index contributed by atoms with van der Waals surface area (Å²) < 4.78 is 15.1. The summed E-state index contributed by atoms with van der Waals surface area (Å²) in [5, 5.41) is 0.787. The van der Waals surface area contributed by atoms with Gasteiger partial charge in [-0.25, -0.2) is 4.79 Å². The van der Waals surface area contributed by atoms with Crippen molar-refractivity contribution in [2.24, 2.45) is 0 Å². The standard InChI is InChI=1S/C19H16Cl2O5/c1-24-17-10-12(7-9-18(22)25-2)6-8-16(17)26-19(23)11-13-14(20)4-3-5-15(13)21/h3-10H,11H2,1-2H3/b9-7+. The highest BCUT2D eigenvalue weighted by Gasteiger charge is 2.15. The van der Waals surface area contributed by atoms with Gasteiger partial charge >= 0.3 is 11.9 Å². The highest BCUT2D eigenvalue weighted by Crippen LogP contribution is 2.30. The summed E-state index contributed by atoms with van der Waals surface area (Å²) in [4.78, 5) is 23.4. The Hall–Kier alpha value is -2.50. The van der Waals surface area contributed by atoms with Crippen LogP contribution in [0, 0.1) is 0 Å². The number of ether oxygens (including phenoxy) is 3. The lowest BCUT2D eigenvalue weighted by Gasteiger charge is -2.11. The Bertz CT molecular complexity index is 826. The van der Waals surface area contributed by atoms with Crippen molar-refractivity contribution in [3.8, 4) is 11.5 Å². The van der Waals surface area contributed by atoms with E-state index in [0.29, 0.717) is 26.9 Å². The van der Waals surface area contributed by atoms with Gasteiger partial charge in [0.1, 0.15) is 0 Å². The third kappa shape index (κ3) is 5.25. The molecule has 0 bridgehead atoms. The van der Waals surface area contributed by atoms with E-state index in [4.69, 9.17) is 32.7 Å². The first kappa shape index (κ1) is 19.8. The van der Waals surface area contributed by atoms with E-state index >= 15 is 0 Å². The van der Waals surface area contributed by atoms with Crippen LogP contribution in [0.25, 0.3) is 6.08 Å². The number of halogens is 2. The van der Waals surface area contributed by atoms with Gasteiger partial charge in [0.2, 0.25) is 0 Å². The summed E-state index contributed by atoms with van der Waals surface area (Å²) in [5.74, 6) is -0.418. The zero-order chi connectivity index (χ0) is 19.1. The quantitative estimate of drug-likeness (QED) is 0.414. The molecule has 7 heteroatoms. The molecular formula is C19H16Cl2O5. The van der Waals surface area contributed by atoms with Crippen molar-refractivity contribution in [2.45, 2.75) is 6.42 Å². The van der Waals surface area contributed by atoms with Gasteiger partial charge in [0, 0.05) is 21.7 Å². The molecule has 136 valence electrons. The summed E-state index contributed by atoms with van der Waals surface area (Å²) >= 11 is 12.1. The Morgan fingerprint density at radius 2 is 1.73 bits per heavy atom. The van der Waals surface area contributed by atoms with Gasteiger partial charge in [0.25, 0.3) is 0 Å². The Kier molecular flexibility index (Phi) is 7.06. The second-order valence-electron chi connectivity index (χ2n) is 5.12. The number of rotatable bonds is 6. The van der Waals surface area contributed by atoms with Gasteiger partial charge in [-0.15, -0.1) is 0 Å². The molecule has 0 amide bonds. The largest absolute Gasteiger partial charge is 0.493 e. The van der Waals surface area contributed by atoms with Crippen LogP contribution in [0.5, 0.6) is 11.5 Å². The van der Waals surface area contributed by atoms with E-state index in [1.165, 1.54) is 20.3 Å². The SMILES string of the molecule is COC(=O)/C=C/c1ccc(OC(=O)Cc2c(Cl)cccc2Cl)c(OC)c1. The summed E-state index contributed by atoms with van der Waals surface area (Å²) in [7, 11) is 2.74. The monoisotopic (exact) mass is 394 g/mol. The molecular weight excluding hydrogens is 379 g/mol. The molecule has 0 N–H and O–H groups in total. The fourth-order valence-corrected chi connectivity index (χ4v) is 2.64. The minimum absolute atomic E-state index is 0.0777. The van der Waals surface area contributed by atoms with E-state index in [1.807, 2.05) is 0 Å². The highest BCUT2D eigenvalue weighted by atomic mass is 35.5. The van der Waals surface area contributed by atoms with Crippen LogP contribution in [0.1, 0.15) is 11.1 Å². The van der Waals surface area contributed by atoms with Gasteiger partial charge in [0.05, 0.1) is 20.6 Å². The van der Waals surface area contributed by atoms with Crippen LogP contribution >= 0.6 is 23.2 Å². The van der Waals surface area contributed by atoms with Gasteiger partial charge in [-0.3, -0.25) is 4.79 Å². The zero-order valence-corrected chi connectivity index (χ0v) is 15.6. The van der Waals surface area contributed by atoms with Crippen LogP contribution in [0.15, 0.2) is 42.5 Å². The van der Waals surface area contributed by atoms with Gasteiger partial charge in [0.15, 0.2) is 11.5 Å². The van der Waals surface area contributed by atoms with Crippen molar-refractivity contribution >= 4 is 41.2 Å². The fourth-order valence-electron chi connectivity index (χ4n) is 2.11. The summed E-state index contributed by atoms with van der Waals surface area (Å²) in [6.45, 7) is 0. The van der Waals surface area contributed by atoms with Gasteiger partial charge in [-0.2, -0.15) is 0 Å². The van der Waals surface area contributed by atoms with Crippen LogP contribution in [-0.2, 0) is 20.7 Å². The lowest BCUT2D eigenvalue weighted by molar-refractivity contribution is -0.135. The minimum Gasteiger partial charge on any atom is -0.493 e. The normalized spacial score (nSPS) is 10.6. The molecule has 0 unspecified atom stereocenters. The number of methoxy groups -OCH3 is 2. The van der Waals surface area contributed by atoms with E-state index < -0.39 is 11.9 Å². The number of esters is 2. The van der Waals surface area contributed by atoms with Gasteiger partial charge in [-0.05, 0) is 35.9 Å². The lowest BCUT2D eigenvalue weighted by Crippen LogP contribution is -2.12. The van der Waals surface area contributed by atoms with Crippen LogP contribution in [0.2, 0.25) is 10.0 Å². The first-order chi connectivity index (χ1) is 12.4. The number of carbonyl (C=O) groups excluding carboxylic acids is 2. The molecule has 0 aromatic heterocycles. The second kappa shape index (κ2) is 9.27. The summed E-state index contributed by atoms with van der Waals surface area (Å²) in [6, 6.07) is 9.88. The number of hydrogen-bond donors (Lipinski definition) is 0. The average Bonchev–Trinajstić information content (AvgIpc) is 2.63. The Labute approximate surface area is 161 Å². The van der Waals surface area contributed by atoms with E-state index in [1.54, 1.807) is 42.5 Å². The molecule has 0 aliphatic rings. The van der Waals surface area contributed by atoms with E-state index in [0.717, 1.165) is 0 Å². The fraction of sp³-hybridized carbons (Fsp3) is 0.158. The maximum absolute atomic E-state index is 12.2.